The van der Waals surface area contributed by atoms with Crippen molar-refractivity contribution in [3.8, 4) is 5.75 Å². The maximum atomic E-state index is 13.3. The van der Waals surface area contributed by atoms with Gasteiger partial charge in [-0.3, -0.25) is 4.79 Å². The minimum absolute atomic E-state index is 0.215. The van der Waals surface area contributed by atoms with Gasteiger partial charge in [-0.1, -0.05) is 24.3 Å². The van der Waals surface area contributed by atoms with Crippen LogP contribution in [-0.4, -0.2) is 11.3 Å². The minimum atomic E-state index is -0.499. The molecule has 0 aliphatic rings. The van der Waals surface area contributed by atoms with Crippen LogP contribution in [0.3, 0.4) is 0 Å². The van der Waals surface area contributed by atoms with Gasteiger partial charge in [-0.25, -0.2) is 9.37 Å². The highest BCUT2D eigenvalue weighted by molar-refractivity contribution is 5.78. The molecule has 0 saturated carbocycles. The third-order valence-corrected chi connectivity index (χ3v) is 3.07. The van der Waals surface area contributed by atoms with Crippen LogP contribution in [0.2, 0.25) is 0 Å². The van der Waals surface area contributed by atoms with Crippen LogP contribution < -0.4 is 4.74 Å². The number of carbonyl (C=O) groups excluding carboxylic acids is 1. The van der Waals surface area contributed by atoms with Gasteiger partial charge in [-0.2, -0.15) is 0 Å². The molecule has 2 aromatic carbocycles. The number of rotatable bonds is 4. The summed E-state index contributed by atoms with van der Waals surface area (Å²) in [6.45, 7) is 0.215. The zero-order valence-electron chi connectivity index (χ0n) is 11.1. The Bertz CT molecular complexity index is 802. The van der Waals surface area contributed by atoms with Gasteiger partial charge < -0.3 is 4.74 Å². The first-order valence-electron chi connectivity index (χ1n) is 6.48. The van der Waals surface area contributed by atoms with Crippen molar-refractivity contribution in [2.75, 3.05) is 0 Å². The summed E-state index contributed by atoms with van der Waals surface area (Å²) in [6, 6.07) is 15.5. The number of hydrogen-bond donors (Lipinski definition) is 0. The van der Waals surface area contributed by atoms with Crippen LogP contribution >= 0.6 is 0 Å². The predicted octanol–water partition coefficient (Wildman–Crippen LogP) is 3.77. The molecule has 0 aliphatic carbocycles. The fraction of sp³-hybridized carbons (Fsp3) is 0.0588. The molecule has 3 rings (SSSR count). The highest BCUT2D eigenvalue weighted by Gasteiger charge is 2.03. The van der Waals surface area contributed by atoms with Gasteiger partial charge in [0.1, 0.15) is 24.5 Å². The lowest BCUT2D eigenvalue weighted by Gasteiger charge is -2.07. The second kappa shape index (κ2) is 5.71. The minimum Gasteiger partial charge on any atom is -0.487 e. The Balaban J connectivity index is 1.79. The Kier molecular flexibility index (Phi) is 3.60. The van der Waals surface area contributed by atoms with Crippen LogP contribution in [0.1, 0.15) is 16.1 Å². The number of para-hydroxylation sites is 1. The number of benzene rings is 2. The fourth-order valence-electron chi connectivity index (χ4n) is 2.08. The molecular formula is C17H12FNO2. The topological polar surface area (TPSA) is 39.2 Å². The van der Waals surface area contributed by atoms with Gasteiger partial charge in [0.25, 0.3) is 0 Å². The normalized spacial score (nSPS) is 10.5. The standard InChI is InChI=1S/C17H12FNO2/c18-14-7-12(10-20)8-16(9-14)21-11-15-6-5-13-3-1-2-4-17(13)19-15/h1-10H,11H2. The number of aldehydes is 1. The summed E-state index contributed by atoms with van der Waals surface area (Å²) in [5.74, 6) is -0.187. The van der Waals surface area contributed by atoms with Crippen LogP contribution in [0.4, 0.5) is 4.39 Å². The van der Waals surface area contributed by atoms with E-state index >= 15 is 0 Å². The summed E-state index contributed by atoms with van der Waals surface area (Å²) >= 11 is 0. The van der Waals surface area contributed by atoms with E-state index in [1.807, 2.05) is 36.4 Å². The van der Waals surface area contributed by atoms with Gasteiger partial charge in [0.05, 0.1) is 11.2 Å². The van der Waals surface area contributed by atoms with E-state index in [1.54, 1.807) is 0 Å². The molecule has 0 saturated heterocycles. The monoisotopic (exact) mass is 281 g/mol. The summed E-state index contributed by atoms with van der Waals surface area (Å²) in [5.41, 5.74) is 1.87. The summed E-state index contributed by atoms with van der Waals surface area (Å²) in [6.07, 6.45) is 0.588. The van der Waals surface area contributed by atoms with Crippen molar-refractivity contribution < 1.29 is 13.9 Å². The Labute approximate surface area is 121 Å². The summed E-state index contributed by atoms with van der Waals surface area (Å²) in [4.78, 5) is 15.2. The van der Waals surface area contributed by atoms with Crippen LogP contribution in [0.15, 0.2) is 54.6 Å². The number of fused-ring (bicyclic) bond motifs is 1. The van der Waals surface area contributed by atoms with E-state index in [0.29, 0.717) is 12.0 Å². The quantitative estimate of drug-likeness (QED) is 0.683. The maximum Gasteiger partial charge on any atom is 0.150 e. The van der Waals surface area contributed by atoms with E-state index in [-0.39, 0.29) is 12.2 Å². The van der Waals surface area contributed by atoms with Gasteiger partial charge in [0, 0.05) is 17.0 Å². The number of carbonyl (C=O) groups is 1. The van der Waals surface area contributed by atoms with Gasteiger partial charge >= 0.3 is 0 Å². The fourth-order valence-corrected chi connectivity index (χ4v) is 2.08. The zero-order valence-corrected chi connectivity index (χ0v) is 11.1. The average molecular weight is 281 g/mol. The van der Waals surface area contributed by atoms with Crippen molar-refractivity contribution in [3.63, 3.8) is 0 Å². The molecule has 0 unspecified atom stereocenters. The average Bonchev–Trinajstić information content (AvgIpc) is 2.52. The molecule has 3 nitrogen and oxygen atoms in total. The van der Waals surface area contributed by atoms with Crippen molar-refractivity contribution >= 4 is 17.2 Å². The van der Waals surface area contributed by atoms with E-state index in [2.05, 4.69) is 4.98 Å². The van der Waals surface area contributed by atoms with Crippen molar-refractivity contribution in [2.45, 2.75) is 6.61 Å². The molecule has 4 heteroatoms. The molecule has 0 bridgehead atoms. The van der Waals surface area contributed by atoms with Gasteiger partial charge in [-0.05, 0) is 24.3 Å². The first-order valence-corrected chi connectivity index (χ1v) is 6.48. The Morgan fingerprint density at radius 2 is 1.95 bits per heavy atom. The Hall–Kier alpha value is -2.75. The van der Waals surface area contributed by atoms with E-state index in [9.17, 15) is 9.18 Å². The molecule has 1 heterocycles. The smallest absolute Gasteiger partial charge is 0.150 e. The molecular weight excluding hydrogens is 269 g/mol. The largest absolute Gasteiger partial charge is 0.487 e. The van der Waals surface area contributed by atoms with E-state index in [0.717, 1.165) is 22.7 Å². The molecule has 0 fully saturated rings. The van der Waals surface area contributed by atoms with Crippen molar-refractivity contribution in [1.29, 1.82) is 0 Å². The van der Waals surface area contributed by atoms with Crippen LogP contribution in [-0.2, 0) is 6.61 Å². The van der Waals surface area contributed by atoms with Gasteiger partial charge in [-0.15, -0.1) is 0 Å². The third-order valence-electron chi connectivity index (χ3n) is 3.07. The van der Waals surface area contributed by atoms with Gasteiger partial charge in [0.2, 0.25) is 0 Å². The summed E-state index contributed by atoms with van der Waals surface area (Å²) < 4.78 is 18.8. The maximum absolute atomic E-state index is 13.3. The van der Waals surface area contributed by atoms with Gasteiger partial charge in [0.15, 0.2) is 0 Å². The molecule has 21 heavy (non-hydrogen) atoms. The zero-order chi connectivity index (χ0) is 14.7. The second-order valence-electron chi connectivity index (χ2n) is 4.62. The molecule has 0 spiro atoms. The Morgan fingerprint density at radius 3 is 2.81 bits per heavy atom. The van der Waals surface area contributed by atoms with E-state index in [1.165, 1.54) is 12.1 Å². The molecule has 3 aromatic rings. The first-order chi connectivity index (χ1) is 10.2. The lowest BCUT2D eigenvalue weighted by molar-refractivity contribution is 0.112. The number of hydrogen-bond acceptors (Lipinski definition) is 3. The number of aromatic nitrogens is 1. The van der Waals surface area contributed by atoms with E-state index < -0.39 is 5.82 Å². The van der Waals surface area contributed by atoms with Crippen molar-refractivity contribution in [1.82, 2.24) is 4.98 Å². The molecule has 0 radical (unpaired) electrons. The second-order valence-corrected chi connectivity index (χ2v) is 4.62. The molecule has 0 aliphatic heterocycles. The molecule has 104 valence electrons. The number of nitrogens with zero attached hydrogens (tertiary/aromatic N) is 1. The number of halogens is 1. The van der Waals surface area contributed by atoms with Crippen LogP contribution in [0, 0.1) is 5.82 Å². The lowest BCUT2D eigenvalue weighted by atomic mass is 10.2. The number of pyridine rings is 1. The molecule has 0 atom stereocenters. The third kappa shape index (κ3) is 3.05. The van der Waals surface area contributed by atoms with E-state index in [4.69, 9.17) is 4.74 Å². The highest BCUT2D eigenvalue weighted by Crippen LogP contribution is 2.18. The number of ether oxygens (including phenoxy) is 1. The van der Waals surface area contributed by atoms with Crippen LogP contribution in [0.5, 0.6) is 5.75 Å². The molecule has 1 aromatic heterocycles. The predicted molar refractivity (Wildman–Crippen MR) is 77.9 cm³/mol. The molecule has 0 N–H and O–H groups in total. The highest BCUT2D eigenvalue weighted by atomic mass is 19.1. The SMILES string of the molecule is O=Cc1cc(F)cc(OCc2ccc3ccccc3n2)c1. The Morgan fingerprint density at radius 1 is 1.10 bits per heavy atom. The van der Waals surface area contributed by atoms with Crippen molar-refractivity contribution in [3.05, 3.63) is 71.7 Å². The van der Waals surface area contributed by atoms with Crippen LogP contribution in [0.25, 0.3) is 10.9 Å². The molecule has 0 amide bonds. The lowest BCUT2D eigenvalue weighted by Crippen LogP contribution is -1.99. The first kappa shape index (κ1) is 13.2. The van der Waals surface area contributed by atoms with Crippen molar-refractivity contribution in [2.24, 2.45) is 0 Å². The summed E-state index contributed by atoms with van der Waals surface area (Å²) in [7, 11) is 0. The summed E-state index contributed by atoms with van der Waals surface area (Å²) in [5, 5.41) is 1.05.